The zero-order valence-electron chi connectivity index (χ0n) is 5.88. The average Bonchev–Trinajstić information content (AvgIpc) is 1.79. The van der Waals surface area contributed by atoms with Gasteiger partial charge in [0.1, 0.15) is 0 Å². The van der Waals surface area contributed by atoms with E-state index < -0.39 is 0 Å². The molecule has 62 valence electrons. The molecule has 3 nitrogen and oxygen atoms in total. The van der Waals surface area contributed by atoms with Crippen molar-refractivity contribution in [3.8, 4) is 0 Å². The SMILES string of the molecule is Cl.OC1CCNCCOC1. The highest BCUT2D eigenvalue weighted by molar-refractivity contribution is 5.85. The van der Waals surface area contributed by atoms with E-state index in [1.807, 2.05) is 0 Å². The van der Waals surface area contributed by atoms with Crippen LogP contribution < -0.4 is 5.32 Å². The molecule has 10 heavy (non-hydrogen) atoms. The molecule has 1 saturated heterocycles. The number of hydrogen-bond acceptors (Lipinski definition) is 3. The maximum atomic E-state index is 9.05. The Morgan fingerprint density at radius 1 is 1.40 bits per heavy atom. The van der Waals surface area contributed by atoms with E-state index in [-0.39, 0.29) is 18.5 Å². The lowest BCUT2D eigenvalue weighted by Gasteiger charge is -2.15. The Kier molecular flexibility index (Phi) is 6.02. The summed E-state index contributed by atoms with van der Waals surface area (Å²) in [5, 5.41) is 12.2. The molecule has 0 radical (unpaired) electrons. The lowest BCUT2D eigenvalue weighted by atomic mass is 10.2. The number of halogens is 1. The van der Waals surface area contributed by atoms with Crippen molar-refractivity contribution in [2.45, 2.75) is 12.5 Å². The number of ether oxygens (including phenoxy) is 1. The fourth-order valence-corrected chi connectivity index (χ4v) is 0.841. The van der Waals surface area contributed by atoms with Gasteiger partial charge in [0, 0.05) is 6.54 Å². The third kappa shape index (κ3) is 4.06. The molecule has 0 aromatic rings. The van der Waals surface area contributed by atoms with Crippen LogP contribution in [0.4, 0.5) is 0 Å². The van der Waals surface area contributed by atoms with Crippen molar-refractivity contribution in [2.75, 3.05) is 26.3 Å². The molecule has 0 bridgehead atoms. The summed E-state index contributed by atoms with van der Waals surface area (Å²) in [7, 11) is 0. The summed E-state index contributed by atoms with van der Waals surface area (Å²) in [5.74, 6) is 0. The van der Waals surface area contributed by atoms with Gasteiger partial charge in [-0.3, -0.25) is 0 Å². The summed E-state index contributed by atoms with van der Waals surface area (Å²) >= 11 is 0. The summed E-state index contributed by atoms with van der Waals surface area (Å²) < 4.78 is 5.07. The average molecular weight is 168 g/mol. The minimum absolute atomic E-state index is 0. The smallest absolute Gasteiger partial charge is 0.0785 e. The molecular formula is C6H14ClNO2. The first-order valence-electron chi connectivity index (χ1n) is 3.36. The van der Waals surface area contributed by atoms with E-state index in [9.17, 15) is 0 Å². The van der Waals surface area contributed by atoms with Gasteiger partial charge in [-0.05, 0) is 13.0 Å². The second-order valence-corrected chi connectivity index (χ2v) is 2.27. The van der Waals surface area contributed by atoms with Crippen molar-refractivity contribution in [1.82, 2.24) is 5.32 Å². The number of nitrogens with one attached hydrogen (secondary N) is 1. The van der Waals surface area contributed by atoms with Crippen LogP contribution in [0.1, 0.15) is 6.42 Å². The van der Waals surface area contributed by atoms with Gasteiger partial charge in [-0.1, -0.05) is 0 Å². The lowest BCUT2D eigenvalue weighted by Crippen LogP contribution is -2.30. The molecule has 0 spiro atoms. The van der Waals surface area contributed by atoms with Crippen molar-refractivity contribution in [3.63, 3.8) is 0 Å². The summed E-state index contributed by atoms with van der Waals surface area (Å²) in [6.07, 6.45) is 0.540. The van der Waals surface area contributed by atoms with E-state index >= 15 is 0 Å². The van der Waals surface area contributed by atoms with Crippen molar-refractivity contribution in [2.24, 2.45) is 0 Å². The Balaban J connectivity index is 0.000000810. The molecule has 0 aromatic carbocycles. The van der Waals surface area contributed by atoms with Gasteiger partial charge in [0.05, 0.1) is 19.3 Å². The fraction of sp³-hybridized carbons (Fsp3) is 1.00. The van der Waals surface area contributed by atoms with E-state index in [0.717, 1.165) is 26.1 Å². The van der Waals surface area contributed by atoms with Gasteiger partial charge in [-0.2, -0.15) is 0 Å². The molecule has 0 aliphatic carbocycles. The Bertz CT molecular complexity index is 74.1. The van der Waals surface area contributed by atoms with Crippen LogP contribution in [-0.2, 0) is 4.74 Å². The Labute approximate surface area is 67.2 Å². The maximum Gasteiger partial charge on any atom is 0.0785 e. The molecule has 2 N–H and O–H groups in total. The summed E-state index contributed by atoms with van der Waals surface area (Å²) in [6, 6.07) is 0. The molecule has 1 unspecified atom stereocenters. The van der Waals surface area contributed by atoms with E-state index in [4.69, 9.17) is 9.84 Å². The minimum Gasteiger partial charge on any atom is -0.391 e. The van der Waals surface area contributed by atoms with Gasteiger partial charge in [0.25, 0.3) is 0 Å². The van der Waals surface area contributed by atoms with Gasteiger partial charge in [0.15, 0.2) is 0 Å². The van der Waals surface area contributed by atoms with Crippen LogP contribution in [0.25, 0.3) is 0 Å². The summed E-state index contributed by atoms with van der Waals surface area (Å²) in [6.45, 7) is 3.04. The van der Waals surface area contributed by atoms with E-state index in [0.29, 0.717) is 6.61 Å². The molecule has 1 rings (SSSR count). The van der Waals surface area contributed by atoms with Crippen molar-refractivity contribution >= 4 is 12.4 Å². The molecule has 4 heteroatoms. The zero-order chi connectivity index (χ0) is 6.53. The normalized spacial score (nSPS) is 27.9. The fourth-order valence-electron chi connectivity index (χ4n) is 0.841. The highest BCUT2D eigenvalue weighted by Gasteiger charge is 2.05. The number of rotatable bonds is 0. The molecule has 0 amide bonds. The van der Waals surface area contributed by atoms with E-state index in [2.05, 4.69) is 5.32 Å². The molecule has 1 aliphatic rings. The van der Waals surface area contributed by atoms with E-state index in [1.165, 1.54) is 0 Å². The molecule has 1 aliphatic heterocycles. The Morgan fingerprint density at radius 3 is 3.00 bits per heavy atom. The van der Waals surface area contributed by atoms with Crippen molar-refractivity contribution < 1.29 is 9.84 Å². The van der Waals surface area contributed by atoms with Crippen LogP contribution in [0.15, 0.2) is 0 Å². The molecular weight excluding hydrogens is 154 g/mol. The quantitative estimate of drug-likeness (QED) is 0.524. The standard InChI is InChI=1S/C6H13NO2.ClH/c8-6-1-2-7-3-4-9-5-6;/h6-8H,1-5H2;1H. The highest BCUT2D eigenvalue weighted by atomic mass is 35.5. The second-order valence-electron chi connectivity index (χ2n) is 2.27. The Morgan fingerprint density at radius 2 is 2.20 bits per heavy atom. The van der Waals surface area contributed by atoms with Gasteiger partial charge in [0.2, 0.25) is 0 Å². The number of aliphatic hydroxyl groups is 1. The number of hydrogen-bond donors (Lipinski definition) is 2. The van der Waals surface area contributed by atoms with Crippen LogP contribution in [0, 0.1) is 0 Å². The predicted octanol–water partition coefficient (Wildman–Crippen LogP) is -0.221. The molecule has 1 atom stereocenters. The lowest BCUT2D eigenvalue weighted by molar-refractivity contribution is 0.0248. The zero-order valence-corrected chi connectivity index (χ0v) is 6.69. The second kappa shape index (κ2) is 5.92. The molecule has 0 saturated carbocycles. The van der Waals surface area contributed by atoms with E-state index in [1.54, 1.807) is 0 Å². The first kappa shape index (κ1) is 10.2. The first-order chi connectivity index (χ1) is 4.39. The molecule has 1 fully saturated rings. The van der Waals surface area contributed by atoms with Gasteiger partial charge >= 0.3 is 0 Å². The first-order valence-corrected chi connectivity index (χ1v) is 3.36. The largest absolute Gasteiger partial charge is 0.391 e. The van der Waals surface area contributed by atoms with Crippen LogP contribution >= 0.6 is 12.4 Å². The third-order valence-electron chi connectivity index (χ3n) is 1.39. The van der Waals surface area contributed by atoms with Gasteiger partial charge in [-0.25, -0.2) is 0 Å². The maximum absolute atomic E-state index is 9.05. The van der Waals surface area contributed by atoms with Crippen LogP contribution in [0.3, 0.4) is 0 Å². The van der Waals surface area contributed by atoms with Gasteiger partial charge in [-0.15, -0.1) is 12.4 Å². The summed E-state index contributed by atoms with van der Waals surface area (Å²) in [5.41, 5.74) is 0. The van der Waals surface area contributed by atoms with Crippen LogP contribution in [-0.4, -0.2) is 37.5 Å². The van der Waals surface area contributed by atoms with Crippen LogP contribution in [0.5, 0.6) is 0 Å². The van der Waals surface area contributed by atoms with Crippen molar-refractivity contribution in [1.29, 1.82) is 0 Å². The van der Waals surface area contributed by atoms with Crippen LogP contribution in [0.2, 0.25) is 0 Å². The molecule has 1 heterocycles. The molecule has 0 aromatic heterocycles. The van der Waals surface area contributed by atoms with Crippen molar-refractivity contribution in [3.05, 3.63) is 0 Å². The Hall–Kier alpha value is 0.170. The highest BCUT2D eigenvalue weighted by Crippen LogP contribution is 1.93. The number of aliphatic hydroxyl groups excluding tert-OH is 1. The predicted molar refractivity (Wildman–Crippen MR) is 41.6 cm³/mol. The third-order valence-corrected chi connectivity index (χ3v) is 1.39. The monoisotopic (exact) mass is 167 g/mol. The topological polar surface area (TPSA) is 41.5 Å². The van der Waals surface area contributed by atoms with Gasteiger partial charge < -0.3 is 15.2 Å². The minimum atomic E-state index is -0.266. The summed E-state index contributed by atoms with van der Waals surface area (Å²) in [4.78, 5) is 0.